The Bertz CT molecular complexity index is 448. The Labute approximate surface area is 147 Å². The zero-order valence-corrected chi connectivity index (χ0v) is 15.5. The van der Waals surface area contributed by atoms with E-state index in [0.717, 1.165) is 50.5 Å². The van der Waals surface area contributed by atoms with Crippen LogP contribution in [0, 0.1) is 9.49 Å². The molecule has 0 unspecified atom stereocenters. The monoisotopic (exact) mass is 422 g/mol. The van der Waals surface area contributed by atoms with Gasteiger partial charge in [0.1, 0.15) is 0 Å². The van der Waals surface area contributed by atoms with Crippen LogP contribution in [0.15, 0.2) is 24.3 Å². The van der Waals surface area contributed by atoms with Gasteiger partial charge in [0, 0.05) is 16.7 Å². The molecule has 3 nitrogen and oxygen atoms in total. The SMILES string of the molecule is CCNCC1CCN(C(=O)Cc2cccc(I)c2)CC1.Cl. The van der Waals surface area contributed by atoms with Gasteiger partial charge in [-0.2, -0.15) is 0 Å². The molecule has 1 amide bonds. The highest BCUT2D eigenvalue weighted by Crippen LogP contribution is 2.18. The largest absolute Gasteiger partial charge is 0.342 e. The minimum atomic E-state index is 0. The van der Waals surface area contributed by atoms with Gasteiger partial charge < -0.3 is 10.2 Å². The number of hydrogen-bond acceptors (Lipinski definition) is 2. The van der Waals surface area contributed by atoms with Gasteiger partial charge in [-0.1, -0.05) is 19.1 Å². The Hall–Kier alpha value is -0.330. The lowest BCUT2D eigenvalue weighted by Gasteiger charge is -2.32. The summed E-state index contributed by atoms with van der Waals surface area (Å²) in [6.45, 7) is 6.10. The molecule has 1 aliphatic rings. The van der Waals surface area contributed by atoms with E-state index in [-0.39, 0.29) is 18.3 Å². The molecule has 118 valence electrons. The molecule has 21 heavy (non-hydrogen) atoms. The average molecular weight is 423 g/mol. The molecule has 2 rings (SSSR count). The zero-order chi connectivity index (χ0) is 14.4. The van der Waals surface area contributed by atoms with Crippen molar-refractivity contribution in [2.24, 2.45) is 5.92 Å². The maximum Gasteiger partial charge on any atom is 0.226 e. The van der Waals surface area contributed by atoms with Crippen LogP contribution in [-0.4, -0.2) is 37.0 Å². The molecule has 1 fully saturated rings. The van der Waals surface area contributed by atoms with Crippen LogP contribution >= 0.6 is 35.0 Å². The molecule has 1 aromatic rings. The van der Waals surface area contributed by atoms with E-state index in [2.05, 4.69) is 47.0 Å². The summed E-state index contributed by atoms with van der Waals surface area (Å²) in [5, 5.41) is 3.40. The minimum absolute atomic E-state index is 0. The van der Waals surface area contributed by atoms with Crippen molar-refractivity contribution in [3.63, 3.8) is 0 Å². The van der Waals surface area contributed by atoms with Crippen molar-refractivity contribution in [2.45, 2.75) is 26.2 Å². The lowest BCUT2D eigenvalue weighted by molar-refractivity contribution is -0.131. The van der Waals surface area contributed by atoms with Crippen LogP contribution in [0.3, 0.4) is 0 Å². The molecule has 1 N–H and O–H groups in total. The van der Waals surface area contributed by atoms with E-state index < -0.39 is 0 Å². The van der Waals surface area contributed by atoms with Crippen molar-refractivity contribution in [3.05, 3.63) is 33.4 Å². The fraction of sp³-hybridized carbons (Fsp3) is 0.562. The number of nitrogens with zero attached hydrogens (tertiary/aromatic N) is 1. The van der Waals surface area contributed by atoms with Crippen LogP contribution < -0.4 is 5.32 Å². The van der Waals surface area contributed by atoms with E-state index >= 15 is 0 Å². The number of carbonyl (C=O) groups is 1. The van der Waals surface area contributed by atoms with E-state index in [1.807, 2.05) is 17.0 Å². The lowest BCUT2D eigenvalue weighted by atomic mass is 9.96. The highest BCUT2D eigenvalue weighted by Gasteiger charge is 2.22. The Morgan fingerprint density at radius 3 is 2.71 bits per heavy atom. The first-order valence-electron chi connectivity index (χ1n) is 7.42. The molecule has 1 aliphatic heterocycles. The summed E-state index contributed by atoms with van der Waals surface area (Å²) in [6, 6.07) is 8.21. The van der Waals surface area contributed by atoms with E-state index in [0.29, 0.717) is 6.42 Å². The van der Waals surface area contributed by atoms with Gasteiger partial charge in [0.2, 0.25) is 5.91 Å². The number of nitrogens with one attached hydrogen (secondary N) is 1. The molecule has 1 heterocycles. The fourth-order valence-electron chi connectivity index (χ4n) is 2.67. The third-order valence-corrected chi connectivity index (χ3v) is 4.57. The van der Waals surface area contributed by atoms with Gasteiger partial charge >= 0.3 is 0 Å². The molecular formula is C16H24ClIN2O. The van der Waals surface area contributed by atoms with Gasteiger partial charge in [-0.15, -0.1) is 12.4 Å². The molecular weight excluding hydrogens is 399 g/mol. The second-order valence-corrected chi connectivity index (χ2v) is 6.68. The maximum atomic E-state index is 12.3. The van der Waals surface area contributed by atoms with Crippen LogP contribution in [0.2, 0.25) is 0 Å². The second-order valence-electron chi connectivity index (χ2n) is 5.44. The standard InChI is InChI=1S/C16H23IN2O.ClH/c1-2-18-12-13-6-8-19(9-7-13)16(20)11-14-4-3-5-15(17)10-14;/h3-5,10,13,18H,2,6-9,11-12H2,1H3;1H. The number of piperidine rings is 1. The predicted octanol–water partition coefficient (Wildman–Crippen LogP) is 3.10. The molecule has 5 heteroatoms. The molecule has 1 saturated heterocycles. The minimum Gasteiger partial charge on any atom is -0.342 e. The number of rotatable bonds is 5. The Morgan fingerprint density at radius 2 is 2.10 bits per heavy atom. The molecule has 0 spiro atoms. The van der Waals surface area contributed by atoms with E-state index in [1.165, 1.54) is 3.57 Å². The fourth-order valence-corrected chi connectivity index (χ4v) is 3.28. The highest BCUT2D eigenvalue weighted by molar-refractivity contribution is 14.1. The van der Waals surface area contributed by atoms with Crippen molar-refractivity contribution in [3.8, 4) is 0 Å². The number of hydrogen-bond donors (Lipinski definition) is 1. The summed E-state index contributed by atoms with van der Waals surface area (Å²) in [6.07, 6.45) is 2.80. The Morgan fingerprint density at radius 1 is 1.38 bits per heavy atom. The summed E-state index contributed by atoms with van der Waals surface area (Å²) in [5.41, 5.74) is 1.12. The van der Waals surface area contributed by atoms with Crippen LogP contribution in [0.25, 0.3) is 0 Å². The first-order chi connectivity index (χ1) is 9.69. The van der Waals surface area contributed by atoms with Gasteiger partial charge in [0.15, 0.2) is 0 Å². The molecule has 0 saturated carbocycles. The molecule has 0 aromatic heterocycles. The van der Waals surface area contributed by atoms with Gasteiger partial charge in [0.05, 0.1) is 6.42 Å². The van der Waals surface area contributed by atoms with Gasteiger partial charge in [-0.05, 0) is 72.1 Å². The smallest absolute Gasteiger partial charge is 0.226 e. The van der Waals surface area contributed by atoms with Crippen molar-refractivity contribution in [1.82, 2.24) is 10.2 Å². The molecule has 0 bridgehead atoms. The van der Waals surface area contributed by atoms with E-state index in [4.69, 9.17) is 0 Å². The third kappa shape index (κ3) is 6.12. The van der Waals surface area contributed by atoms with Crippen LogP contribution in [0.4, 0.5) is 0 Å². The molecule has 0 atom stereocenters. The number of amides is 1. The first kappa shape index (κ1) is 18.7. The summed E-state index contributed by atoms with van der Waals surface area (Å²) >= 11 is 2.29. The first-order valence-corrected chi connectivity index (χ1v) is 8.50. The predicted molar refractivity (Wildman–Crippen MR) is 98.0 cm³/mol. The topological polar surface area (TPSA) is 32.3 Å². The highest BCUT2D eigenvalue weighted by atomic mass is 127. The molecule has 0 aliphatic carbocycles. The number of likely N-dealkylation sites (tertiary alicyclic amines) is 1. The summed E-state index contributed by atoms with van der Waals surface area (Å²) < 4.78 is 1.19. The number of halogens is 2. The van der Waals surface area contributed by atoms with Crippen molar-refractivity contribution >= 4 is 40.9 Å². The van der Waals surface area contributed by atoms with E-state index in [9.17, 15) is 4.79 Å². The second kappa shape index (κ2) is 9.64. The van der Waals surface area contributed by atoms with Crippen LogP contribution in [0.1, 0.15) is 25.3 Å². The summed E-state index contributed by atoms with van der Waals surface area (Å²) in [5.74, 6) is 1.01. The third-order valence-electron chi connectivity index (χ3n) is 3.89. The van der Waals surface area contributed by atoms with Crippen molar-refractivity contribution in [2.75, 3.05) is 26.2 Å². The molecule has 1 aromatic carbocycles. The normalized spacial score (nSPS) is 15.6. The van der Waals surface area contributed by atoms with Gasteiger partial charge in [-0.3, -0.25) is 4.79 Å². The Kier molecular flexibility index (Phi) is 8.59. The van der Waals surface area contributed by atoms with Crippen LogP contribution in [-0.2, 0) is 11.2 Å². The number of benzene rings is 1. The van der Waals surface area contributed by atoms with Gasteiger partial charge in [0.25, 0.3) is 0 Å². The average Bonchev–Trinajstić information content (AvgIpc) is 2.45. The lowest BCUT2D eigenvalue weighted by Crippen LogP contribution is -2.41. The quantitative estimate of drug-likeness (QED) is 0.740. The number of carbonyl (C=O) groups excluding carboxylic acids is 1. The summed E-state index contributed by atoms with van der Waals surface area (Å²) in [7, 11) is 0. The molecule has 0 radical (unpaired) electrons. The van der Waals surface area contributed by atoms with Crippen molar-refractivity contribution in [1.29, 1.82) is 0 Å². The Balaban J connectivity index is 0.00000220. The maximum absolute atomic E-state index is 12.3. The summed E-state index contributed by atoms with van der Waals surface area (Å²) in [4.78, 5) is 14.3. The van der Waals surface area contributed by atoms with E-state index in [1.54, 1.807) is 0 Å². The van der Waals surface area contributed by atoms with Crippen molar-refractivity contribution < 1.29 is 4.79 Å². The zero-order valence-electron chi connectivity index (χ0n) is 12.5. The van der Waals surface area contributed by atoms with Crippen LogP contribution in [0.5, 0.6) is 0 Å². The van der Waals surface area contributed by atoms with Gasteiger partial charge in [-0.25, -0.2) is 0 Å².